The SMILES string of the molecule is CCCOCC(Cc1cc(C)ccc1OC)NCC. The van der Waals surface area contributed by atoms with Crippen LogP contribution in [-0.4, -0.2) is 32.9 Å². The number of hydrogen-bond acceptors (Lipinski definition) is 3. The van der Waals surface area contributed by atoms with Gasteiger partial charge in [-0.05, 0) is 37.9 Å². The number of nitrogens with one attached hydrogen (secondary N) is 1. The molecule has 0 heterocycles. The van der Waals surface area contributed by atoms with Crippen molar-refractivity contribution in [3.8, 4) is 5.75 Å². The Morgan fingerprint density at radius 3 is 2.68 bits per heavy atom. The zero-order chi connectivity index (χ0) is 14.1. The second kappa shape index (κ2) is 8.94. The summed E-state index contributed by atoms with van der Waals surface area (Å²) >= 11 is 0. The van der Waals surface area contributed by atoms with Gasteiger partial charge in [0.25, 0.3) is 0 Å². The Morgan fingerprint density at radius 2 is 2.05 bits per heavy atom. The Bertz CT molecular complexity index is 366. The van der Waals surface area contributed by atoms with E-state index >= 15 is 0 Å². The molecule has 108 valence electrons. The molecule has 0 aliphatic heterocycles. The van der Waals surface area contributed by atoms with Gasteiger partial charge < -0.3 is 14.8 Å². The fourth-order valence-electron chi connectivity index (χ4n) is 2.18. The van der Waals surface area contributed by atoms with Crippen molar-refractivity contribution in [1.82, 2.24) is 5.32 Å². The molecule has 0 radical (unpaired) electrons. The Morgan fingerprint density at radius 1 is 1.26 bits per heavy atom. The predicted octanol–water partition coefficient (Wildman–Crippen LogP) is 2.95. The lowest BCUT2D eigenvalue weighted by atomic mass is 10.0. The van der Waals surface area contributed by atoms with Crippen molar-refractivity contribution in [2.24, 2.45) is 0 Å². The quantitative estimate of drug-likeness (QED) is 0.696. The highest BCUT2D eigenvalue weighted by Gasteiger charge is 2.12. The van der Waals surface area contributed by atoms with Crippen molar-refractivity contribution in [3.05, 3.63) is 29.3 Å². The van der Waals surface area contributed by atoms with E-state index in [-0.39, 0.29) is 0 Å². The van der Waals surface area contributed by atoms with Crippen molar-refractivity contribution in [2.45, 2.75) is 39.7 Å². The summed E-state index contributed by atoms with van der Waals surface area (Å²) in [4.78, 5) is 0. The van der Waals surface area contributed by atoms with Crippen LogP contribution in [0.15, 0.2) is 18.2 Å². The number of methoxy groups -OCH3 is 1. The van der Waals surface area contributed by atoms with E-state index in [1.54, 1.807) is 7.11 Å². The van der Waals surface area contributed by atoms with E-state index in [0.29, 0.717) is 6.04 Å². The zero-order valence-electron chi connectivity index (χ0n) is 12.7. The second-order valence-electron chi connectivity index (χ2n) is 4.85. The first-order valence-electron chi connectivity index (χ1n) is 7.15. The van der Waals surface area contributed by atoms with Crippen LogP contribution in [0.4, 0.5) is 0 Å². The molecule has 0 amide bonds. The molecule has 1 N–H and O–H groups in total. The number of rotatable bonds is 9. The van der Waals surface area contributed by atoms with Gasteiger partial charge in [0.1, 0.15) is 5.75 Å². The van der Waals surface area contributed by atoms with Crippen LogP contribution in [0, 0.1) is 6.92 Å². The summed E-state index contributed by atoms with van der Waals surface area (Å²) in [5.74, 6) is 0.962. The summed E-state index contributed by atoms with van der Waals surface area (Å²) in [6.07, 6.45) is 2.00. The van der Waals surface area contributed by atoms with Gasteiger partial charge in [-0.25, -0.2) is 0 Å². The smallest absolute Gasteiger partial charge is 0.122 e. The standard InChI is InChI=1S/C16H27NO2/c1-5-9-19-12-15(17-6-2)11-14-10-13(3)7-8-16(14)18-4/h7-8,10,15,17H,5-6,9,11-12H2,1-4H3. The molecule has 0 aliphatic carbocycles. The van der Waals surface area contributed by atoms with E-state index in [4.69, 9.17) is 9.47 Å². The van der Waals surface area contributed by atoms with Gasteiger partial charge in [-0.1, -0.05) is 31.5 Å². The number of benzene rings is 1. The molecule has 1 aromatic carbocycles. The van der Waals surface area contributed by atoms with Crippen molar-refractivity contribution < 1.29 is 9.47 Å². The maximum Gasteiger partial charge on any atom is 0.122 e. The Kier molecular flexibility index (Phi) is 7.53. The van der Waals surface area contributed by atoms with Gasteiger partial charge in [-0.15, -0.1) is 0 Å². The number of hydrogen-bond donors (Lipinski definition) is 1. The third-order valence-electron chi connectivity index (χ3n) is 3.06. The molecule has 19 heavy (non-hydrogen) atoms. The lowest BCUT2D eigenvalue weighted by Crippen LogP contribution is -2.35. The van der Waals surface area contributed by atoms with Crippen LogP contribution in [-0.2, 0) is 11.2 Å². The van der Waals surface area contributed by atoms with E-state index in [9.17, 15) is 0 Å². The molecule has 0 saturated carbocycles. The third kappa shape index (κ3) is 5.62. The Balaban J connectivity index is 2.68. The topological polar surface area (TPSA) is 30.5 Å². The molecule has 1 aromatic rings. The lowest BCUT2D eigenvalue weighted by molar-refractivity contribution is 0.112. The fourth-order valence-corrected chi connectivity index (χ4v) is 2.18. The predicted molar refractivity (Wildman–Crippen MR) is 80.0 cm³/mol. The minimum absolute atomic E-state index is 0.340. The lowest BCUT2D eigenvalue weighted by Gasteiger charge is -2.19. The van der Waals surface area contributed by atoms with E-state index in [2.05, 4.69) is 38.2 Å². The van der Waals surface area contributed by atoms with E-state index in [1.165, 1.54) is 11.1 Å². The molecule has 0 aliphatic rings. The van der Waals surface area contributed by atoms with Crippen LogP contribution in [0.2, 0.25) is 0 Å². The minimum atomic E-state index is 0.340. The van der Waals surface area contributed by atoms with Gasteiger partial charge >= 0.3 is 0 Å². The minimum Gasteiger partial charge on any atom is -0.496 e. The van der Waals surface area contributed by atoms with Crippen LogP contribution < -0.4 is 10.1 Å². The zero-order valence-corrected chi connectivity index (χ0v) is 12.7. The molecule has 1 atom stereocenters. The summed E-state index contributed by atoms with van der Waals surface area (Å²) in [6.45, 7) is 8.89. The maximum absolute atomic E-state index is 5.67. The van der Waals surface area contributed by atoms with Crippen LogP contribution in [0.1, 0.15) is 31.4 Å². The maximum atomic E-state index is 5.67. The molecule has 1 unspecified atom stereocenters. The summed E-state index contributed by atoms with van der Waals surface area (Å²) in [5, 5.41) is 3.48. The monoisotopic (exact) mass is 265 g/mol. The highest BCUT2D eigenvalue weighted by Crippen LogP contribution is 2.21. The van der Waals surface area contributed by atoms with Gasteiger partial charge in [0.2, 0.25) is 0 Å². The van der Waals surface area contributed by atoms with E-state index in [1.807, 2.05) is 6.07 Å². The number of aryl methyl sites for hydroxylation is 1. The molecule has 0 spiro atoms. The molecule has 0 fully saturated rings. The van der Waals surface area contributed by atoms with Crippen molar-refractivity contribution in [3.63, 3.8) is 0 Å². The average Bonchev–Trinajstić information content (AvgIpc) is 2.39. The van der Waals surface area contributed by atoms with Gasteiger partial charge in [-0.3, -0.25) is 0 Å². The van der Waals surface area contributed by atoms with Crippen LogP contribution in [0.5, 0.6) is 5.75 Å². The van der Waals surface area contributed by atoms with Gasteiger partial charge in [0.15, 0.2) is 0 Å². The highest BCUT2D eigenvalue weighted by molar-refractivity contribution is 5.37. The first kappa shape index (κ1) is 16.0. The molecule has 3 heteroatoms. The molecular formula is C16H27NO2. The first-order chi connectivity index (χ1) is 9.21. The number of ether oxygens (including phenoxy) is 2. The van der Waals surface area contributed by atoms with E-state index < -0.39 is 0 Å². The van der Waals surface area contributed by atoms with Crippen molar-refractivity contribution in [1.29, 1.82) is 0 Å². The van der Waals surface area contributed by atoms with Crippen LogP contribution in [0.3, 0.4) is 0 Å². The Hall–Kier alpha value is -1.06. The molecule has 0 saturated heterocycles. The van der Waals surface area contributed by atoms with E-state index in [0.717, 1.165) is 38.3 Å². The number of likely N-dealkylation sites (N-methyl/N-ethyl adjacent to an activating group) is 1. The second-order valence-corrected chi connectivity index (χ2v) is 4.85. The van der Waals surface area contributed by atoms with Crippen LogP contribution in [0.25, 0.3) is 0 Å². The first-order valence-corrected chi connectivity index (χ1v) is 7.15. The molecule has 3 nitrogen and oxygen atoms in total. The summed E-state index contributed by atoms with van der Waals surface area (Å²) < 4.78 is 11.1. The van der Waals surface area contributed by atoms with Gasteiger partial charge in [0.05, 0.1) is 13.7 Å². The van der Waals surface area contributed by atoms with Crippen molar-refractivity contribution in [2.75, 3.05) is 26.9 Å². The summed E-state index contributed by atoms with van der Waals surface area (Å²) in [7, 11) is 1.73. The molecular weight excluding hydrogens is 238 g/mol. The molecule has 0 aromatic heterocycles. The van der Waals surface area contributed by atoms with Gasteiger partial charge in [-0.2, -0.15) is 0 Å². The van der Waals surface area contributed by atoms with Crippen LogP contribution >= 0.6 is 0 Å². The van der Waals surface area contributed by atoms with Gasteiger partial charge in [0, 0.05) is 12.6 Å². The Labute approximate surface area is 117 Å². The summed E-state index contributed by atoms with van der Waals surface area (Å²) in [6, 6.07) is 6.66. The third-order valence-corrected chi connectivity index (χ3v) is 3.06. The summed E-state index contributed by atoms with van der Waals surface area (Å²) in [5.41, 5.74) is 2.51. The molecule has 1 rings (SSSR count). The van der Waals surface area contributed by atoms with Crippen molar-refractivity contribution >= 4 is 0 Å². The normalized spacial score (nSPS) is 12.4. The fraction of sp³-hybridized carbons (Fsp3) is 0.625. The highest BCUT2D eigenvalue weighted by atomic mass is 16.5. The molecule has 0 bridgehead atoms. The largest absolute Gasteiger partial charge is 0.496 e. The average molecular weight is 265 g/mol.